The van der Waals surface area contributed by atoms with E-state index in [9.17, 15) is 0 Å². The minimum absolute atomic E-state index is 0.915. The third-order valence-electron chi connectivity index (χ3n) is 5.31. The van der Waals surface area contributed by atoms with E-state index in [-0.39, 0.29) is 0 Å². The van der Waals surface area contributed by atoms with Gasteiger partial charge in [0.2, 0.25) is 0 Å². The van der Waals surface area contributed by atoms with Crippen LogP contribution in [0.15, 0.2) is 61.2 Å². The summed E-state index contributed by atoms with van der Waals surface area (Å²) in [5.74, 6) is 0. The van der Waals surface area contributed by atoms with Gasteiger partial charge < -0.3 is 0 Å². The van der Waals surface area contributed by atoms with Crippen molar-refractivity contribution in [3.8, 4) is 0 Å². The van der Waals surface area contributed by atoms with Crippen molar-refractivity contribution >= 4 is 27.2 Å². The lowest BCUT2D eigenvalue weighted by Crippen LogP contribution is -2.46. The Morgan fingerprint density at radius 1 is 0.875 bits per heavy atom. The minimum atomic E-state index is 0.915. The van der Waals surface area contributed by atoms with Gasteiger partial charge in [-0.05, 0) is 42.0 Å². The molecule has 24 heavy (non-hydrogen) atoms. The van der Waals surface area contributed by atoms with Crippen molar-refractivity contribution in [2.75, 3.05) is 20.1 Å². The van der Waals surface area contributed by atoms with Crippen LogP contribution >= 0.6 is 0 Å². The number of hydrogen-bond donors (Lipinski definition) is 0. The number of quaternary nitrogens is 1. The Hall–Kier alpha value is -2.12. The van der Waals surface area contributed by atoms with Crippen molar-refractivity contribution in [3.63, 3.8) is 0 Å². The number of allylic oxidation sites excluding steroid dienone is 1. The number of benzene rings is 3. The fraction of sp³-hybridized carbons (Fsp3) is 0.304. The van der Waals surface area contributed by atoms with Gasteiger partial charge in [-0.2, -0.15) is 0 Å². The van der Waals surface area contributed by atoms with Crippen molar-refractivity contribution in [1.29, 1.82) is 0 Å². The molecule has 0 heterocycles. The van der Waals surface area contributed by atoms with Crippen LogP contribution in [0, 0.1) is 0 Å². The SMILES string of the molecule is C=CCc1c([N+](C)(CC)CCC)c2ccccc2c2ccccc12. The number of rotatable bonds is 6. The van der Waals surface area contributed by atoms with Gasteiger partial charge in [-0.15, -0.1) is 6.58 Å². The molecule has 0 aliphatic heterocycles. The molecule has 0 aliphatic rings. The molecule has 0 aliphatic carbocycles. The third-order valence-corrected chi connectivity index (χ3v) is 5.31. The molecule has 0 saturated heterocycles. The highest BCUT2D eigenvalue weighted by Gasteiger charge is 2.29. The molecule has 1 heteroatoms. The van der Waals surface area contributed by atoms with Crippen LogP contribution in [0.5, 0.6) is 0 Å². The molecular weight excluding hydrogens is 290 g/mol. The van der Waals surface area contributed by atoms with Gasteiger partial charge in [0.1, 0.15) is 5.69 Å². The van der Waals surface area contributed by atoms with Crippen molar-refractivity contribution in [1.82, 2.24) is 4.48 Å². The van der Waals surface area contributed by atoms with Gasteiger partial charge in [-0.25, -0.2) is 0 Å². The first-order valence-electron chi connectivity index (χ1n) is 9.04. The van der Waals surface area contributed by atoms with E-state index in [2.05, 4.69) is 76.0 Å². The molecule has 124 valence electrons. The zero-order valence-corrected chi connectivity index (χ0v) is 15.2. The number of fused-ring (bicyclic) bond motifs is 3. The van der Waals surface area contributed by atoms with Crippen LogP contribution in [0.3, 0.4) is 0 Å². The van der Waals surface area contributed by atoms with Gasteiger partial charge in [0, 0.05) is 10.9 Å². The van der Waals surface area contributed by atoms with E-state index in [4.69, 9.17) is 0 Å². The summed E-state index contributed by atoms with van der Waals surface area (Å²) in [5.41, 5.74) is 2.92. The fourth-order valence-corrected chi connectivity index (χ4v) is 4.08. The summed E-state index contributed by atoms with van der Waals surface area (Å²) >= 11 is 0. The first-order valence-corrected chi connectivity index (χ1v) is 9.04. The Labute approximate surface area is 145 Å². The molecule has 3 aromatic carbocycles. The maximum absolute atomic E-state index is 4.03. The maximum Gasteiger partial charge on any atom is 0.144 e. The standard InChI is InChI=1S/C23H28N/c1-5-12-21-19-14-9-8-13-18(19)20-15-10-11-16-22(20)23(21)24(4,7-3)17-6-2/h5,8-11,13-16H,1,6-7,12,17H2,2-4H3/q+1. The molecule has 0 spiro atoms. The largest absolute Gasteiger partial charge is 0.293 e. The molecule has 0 N–H and O–H groups in total. The van der Waals surface area contributed by atoms with E-state index < -0.39 is 0 Å². The van der Waals surface area contributed by atoms with Crippen LogP contribution in [-0.4, -0.2) is 20.1 Å². The predicted octanol–water partition coefficient (Wildman–Crippen LogP) is 6.09. The Kier molecular flexibility index (Phi) is 4.73. The summed E-state index contributed by atoms with van der Waals surface area (Å²) in [4.78, 5) is 0. The normalized spacial score (nSPS) is 14.0. The van der Waals surface area contributed by atoms with Crippen molar-refractivity contribution in [3.05, 3.63) is 66.7 Å². The molecule has 1 unspecified atom stereocenters. The lowest BCUT2D eigenvalue weighted by Gasteiger charge is -2.36. The van der Waals surface area contributed by atoms with Crippen molar-refractivity contribution in [2.24, 2.45) is 0 Å². The monoisotopic (exact) mass is 318 g/mol. The third kappa shape index (κ3) is 2.63. The topological polar surface area (TPSA) is 0 Å². The second-order valence-corrected chi connectivity index (χ2v) is 6.85. The minimum Gasteiger partial charge on any atom is -0.293 e. The molecular formula is C23H28N+. The van der Waals surface area contributed by atoms with Crippen LogP contribution in [-0.2, 0) is 6.42 Å². The lowest BCUT2D eigenvalue weighted by molar-refractivity contribution is 0.347. The first-order chi connectivity index (χ1) is 11.7. The molecule has 0 amide bonds. The van der Waals surface area contributed by atoms with Gasteiger partial charge in [0.15, 0.2) is 0 Å². The Morgan fingerprint density at radius 2 is 1.42 bits per heavy atom. The van der Waals surface area contributed by atoms with Gasteiger partial charge in [0.25, 0.3) is 0 Å². The van der Waals surface area contributed by atoms with E-state index in [1.165, 1.54) is 39.2 Å². The zero-order valence-electron chi connectivity index (χ0n) is 15.2. The van der Waals surface area contributed by atoms with Crippen LogP contribution in [0.2, 0.25) is 0 Å². The van der Waals surface area contributed by atoms with E-state index in [1.807, 2.05) is 6.08 Å². The molecule has 0 aromatic heterocycles. The van der Waals surface area contributed by atoms with Gasteiger partial charge in [0.05, 0.1) is 20.1 Å². The number of nitrogens with zero attached hydrogens (tertiary/aromatic N) is 1. The van der Waals surface area contributed by atoms with Crippen LogP contribution in [0.4, 0.5) is 5.69 Å². The molecule has 0 saturated carbocycles. The summed E-state index contributed by atoms with van der Waals surface area (Å²) in [6.45, 7) is 10.9. The summed E-state index contributed by atoms with van der Waals surface area (Å²) in [7, 11) is 2.38. The van der Waals surface area contributed by atoms with Crippen LogP contribution < -0.4 is 4.48 Å². The van der Waals surface area contributed by atoms with Gasteiger partial charge in [-0.3, -0.25) is 4.48 Å². The highest BCUT2D eigenvalue weighted by atomic mass is 15.3. The highest BCUT2D eigenvalue weighted by Crippen LogP contribution is 2.41. The van der Waals surface area contributed by atoms with Crippen LogP contribution in [0.1, 0.15) is 25.8 Å². The van der Waals surface area contributed by atoms with Gasteiger partial charge >= 0.3 is 0 Å². The summed E-state index contributed by atoms with van der Waals surface area (Å²) in [5, 5.41) is 5.49. The zero-order chi connectivity index (χ0) is 17.2. The van der Waals surface area contributed by atoms with E-state index in [0.29, 0.717) is 0 Å². The molecule has 1 atom stereocenters. The van der Waals surface area contributed by atoms with Gasteiger partial charge in [-0.1, -0.05) is 55.5 Å². The summed E-state index contributed by atoms with van der Waals surface area (Å²) < 4.78 is 0.977. The quantitative estimate of drug-likeness (QED) is 0.293. The molecule has 3 rings (SSSR count). The average Bonchev–Trinajstić information content (AvgIpc) is 2.62. The van der Waals surface area contributed by atoms with E-state index >= 15 is 0 Å². The highest BCUT2D eigenvalue weighted by molar-refractivity contribution is 6.14. The smallest absolute Gasteiger partial charge is 0.144 e. The number of hydrogen-bond acceptors (Lipinski definition) is 0. The van der Waals surface area contributed by atoms with E-state index in [1.54, 1.807) is 0 Å². The molecule has 0 fully saturated rings. The second-order valence-electron chi connectivity index (χ2n) is 6.85. The van der Waals surface area contributed by atoms with Crippen LogP contribution in [0.25, 0.3) is 21.5 Å². The molecule has 0 bridgehead atoms. The summed E-state index contributed by atoms with van der Waals surface area (Å²) in [6.07, 6.45) is 4.14. The fourth-order valence-electron chi connectivity index (χ4n) is 4.08. The Morgan fingerprint density at radius 3 is 1.96 bits per heavy atom. The maximum atomic E-state index is 4.03. The Bertz CT molecular complexity index is 878. The molecule has 3 aromatic rings. The second kappa shape index (κ2) is 6.78. The average molecular weight is 318 g/mol. The first kappa shape index (κ1) is 16.7. The molecule has 0 radical (unpaired) electrons. The van der Waals surface area contributed by atoms with Crippen molar-refractivity contribution in [2.45, 2.75) is 26.7 Å². The lowest BCUT2D eigenvalue weighted by atomic mass is 9.91. The predicted molar refractivity (Wildman–Crippen MR) is 109 cm³/mol. The summed E-state index contributed by atoms with van der Waals surface area (Å²) in [6, 6.07) is 17.7. The molecule has 1 nitrogen and oxygen atoms in total. The van der Waals surface area contributed by atoms with Crippen molar-refractivity contribution < 1.29 is 0 Å². The Balaban J connectivity index is 2.52. The van der Waals surface area contributed by atoms with E-state index in [0.717, 1.165) is 24.0 Å².